The third-order valence-electron chi connectivity index (χ3n) is 2.46. The largest absolute Gasteiger partial charge is 0.394 e. The number of amides is 2. The van der Waals surface area contributed by atoms with Crippen molar-refractivity contribution in [2.45, 2.75) is 19.4 Å². The first-order valence-corrected chi connectivity index (χ1v) is 6.08. The van der Waals surface area contributed by atoms with Gasteiger partial charge >= 0.3 is 11.8 Å². The highest BCUT2D eigenvalue weighted by Crippen LogP contribution is 2.01. The molecule has 0 bridgehead atoms. The third kappa shape index (κ3) is 7.09. The van der Waals surface area contributed by atoms with Crippen LogP contribution in [0.5, 0.6) is 0 Å². The van der Waals surface area contributed by atoms with Crippen LogP contribution in [-0.4, -0.2) is 74.5 Å². The standard InChI is InChI=1S/C12H24N2O5/c1-12(2,9-15)13-10(16)11(17)14(5-7-18-3)6-8-19-4/h15H,5-9H2,1-4H3,(H,13,16). The summed E-state index contributed by atoms with van der Waals surface area (Å²) in [7, 11) is 3.04. The number of carbonyl (C=O) groups excluding carboxylic acids is 2. The molecule has 0 unspecified atom stereocenters. The van der Waals surface area contributed by atoms with Gasteiger partial charge in [0, 0.05) is 27.3 Å². The van der Waals surface area contributed by atoms with Gasteiger partial charge in [0.1, 0.15) is 0 Å². The molecule has 7 heteroatoms. The molecule has 0 atom stereocenters. The number of carbonyl (C=O) groups is 2. The summed E-state index contributed by atoms with van der Waals surface area (Å²) in [4.78, 5) is 25.1. The molecule has 0 aromatic heterocycles. The fourth-order valence-electron chi connectivity index (χ4n) is 1.26. The maximum Gasteiger partial charge on any atom is 0.312 e. The lowest BCUT2D eigenvalue weighted by atomic mass is 10.1. The molecule has 0 aliphatic carbocycles. The van der Waals surface area contributed by atoms with Gasteiger partial charge in [0.2, 0.25) is 0 Å². The van der Waals surface area contributed by atoms with Crippen LogP contribution in [-0.2, 0) is 19.1 Å². The van der Waals surface area contributed by atoms with Gasteiger partial charge < -0.3 is 24.8 Å². The first-order valence-electron chi connectivity index (χ1n) is 6.08. The van der Waals surface area contributed by atoms with E-state index in [1.165, 1.54) is 19.1 Å². The minimum atomic E-state index is -0.832. The number of hydrogen-bond donors (Lipinski definition) is 2. The SMILES string of the molecule is COCCN(CCOC)C(=O)C(=O)NC(C)(C)CO. The summed E-state index contributed by atoms with van der Waals surface area (Å²) in [5, 5.41) is 11.5. The van der Waals surface area contributed by atoms with Crippen LogP contribution in [0.2, 0.25) is 0 Å². The Morgan fingerprint density at radius 2 is 1.63 bits per heavy atom. The Labute approximate surface area is 113 Å². The van der Waals surface area contributed by atoms with Crippen LogP contribution in [0, 0.1) is 0 Å². The summed E-state index contributed by atoms with van der Waals surface area (Å²) in [5.41, 5.74) is -0.832. The van der Waals surface area contributed by atoms with Gasteiger partial charge in [-0.1, -0.05) is 0 Å². The Hall–Kier alpha value is -1.18. The summed E-state index contributed by atoms with van der Waals surface area (Å²) < 4.78 is 9.80. The van der Waals surface area contributed by atoms with E-state index in [9.17, 15) is 9.59 Å². The van der Waals surface area contributed by atoms with E-state index in [-0.39, 0.29) is 6.61 Å². The number of nitrogens with zero attached hydrogens (tertiary/aromatic N) is 1. The van der Waals surface area contributed by atoms with Crippen molar-refractivity contribution in [1.29, 1.82) is 0 Å². The smallest absolute Gasteiger partial charge is 0.312 e. The molecule has 7 nitrogen and oxygen atoms in total. The van der Waals surface area contributed by atoms with E-state index >= 15 is 0 Å². The lowest BCUT2D eigenvalue weighted by molar-refractivity contribution is -0.147. The number of ether oxygens (including phenoxy) is 2. The second-order valence-corrected chi connectivity index (χ2v) is 4.77. The highest BCUT2D eigenvalue weighted by Gasteiger charge is 2.27. The summed E-state index contributed by atoms with van der Waals surface area (Å²) in [6.07, 6.45) is 0. The van der Waals surface area contributed by atoms with Crippen LogP contribution in [0.15, 0.2) is 0 Å². The van der Waals surface area contributed by atoms with Crippen molar-refractivity contribution in [3.05, 3.63) is 0 Å². The van der Waals surface area contributed by atoms with E-state index in [2.05, 4.69) is 5.32 Å². The molecule has 0 rings (SSSR count). The normalized spacial score (nSPS) is 11.2. The zero-order valence-corrected chi connectivity index (χ0v) is 12.1. The maximum absolute atomic E-state index is 12.0. The van der Waals surface area contributed by atoms with E-state index in [4.69, 9.17) is 14.6 Å². The molecule has 0 aromatic rings. The molecule has 0 fully saturated rings. The summed E-state index contributed by atoms with van der Waals surface area (Å²) in [5.74, 6) is -1.40. The Morgan fingerprint density at radius 3 is 2.00 bits per heavy atom. The number of aliphatic hydroxyl groups is 1. The van der Waals surface area contributed by atoms with E-state index in [1.54, 1.807) is 13.8 Å². The Balaban J connectivity index is 4.54. The average Bonchev–Trinajstić information content (AvgIpc) is 2.37. The van der Waals surface area contributed by atoms with Gasteiger partial charge in [-0.25, -0.2) is 0 Å². The first-order chi connectivity index (χ1) is 8.87. The molecule has 112 valence electrons. The van der Waals surface area contributed by atoms with Crippen LogP contribution in [0.1, 0.15) is 13.8 Å². The fraction of sp³-hybridized carbons (Fsp3) is 0.833. The number of aliphatic hydroxyl groups excluding tert-OH is 1. The third-order valence-corrected chi connectivity index (χ3v) is 2.46. The van der Waals surface area contributed by atoms with Crippen LogP contribution in [0.4, 0.5) is 0 Å². The molecule has 0 aliphatic rings. The van der Waals surface area contributed by atoms with Crippen LogP contribution in [0.25, 0.3) is 0 Å². The molecular formula is C12H24N2O5. The number of nitrogens with one attached hydrogen (secondary N) is 1. The second kappa shape index (κ2) is 8.84. The molecule has 0 saturated carbocycles. The molecule has 0 radical (unpaired) electrons. The number of rotatable bonds is 8. The molecule has 0 spiro atoms. The van der Waals surface area contributed by atoms with Crippen molar-refractivity contribution in [3.63, 3.8) is 0 Å². The fourth-order valence-corrected chi connectivity index (χ4v) is 1.26. The maximum atomic E-state index is 12.0. The van der Waals surface area contributed by atoms with Gasteiger partial charge in [-0.2, -0.15) is 0 Å². The average molecular weight is 276 g/mol. The molecule has 2 amide bonds. The Morgan fingerprint density at radius 1 is 1.16 bits per heavy atom. The molecular weight excluding hydrogens is 252 g/mol. The topological polar surface area (TPSA) is 88.1 Å². The van der Waals surface area contributed by atoms with E-state index in [1.807, 2.05) is 0 Å². The molecule has 0 saturated heterocycles. The van der Waals surface area contributed by atoms with Gasteiger partial charge in [0.15, 0.2) is 0 Å². The zero-order chi connectivity index (χ0) is 14.9. The van der Waals surface area contributed by atoms with E-state index in [0.29, 0.717) is 26.3 Å². The van der Waals surface area contributed by atoms with Gasteiger partial charge in [-0.15, -0.1) is 0 Å². The number of hydrogen-bond acceptors (Lipinski definition) is 5. The van der Waals surface area contributed by atoms with Gasteiger partial charge in [0.25, 0.3) is 0 Å². The van der Waals surface area contributed by atoms with Crippen molar-refractivity contribution in [3.8, 4) is 0 Å². The highest BCUT2D eigenvalue weighted by atomic mass is 16.5. The molecule has 0 heterocycles. The summed E-state index contributed by atoms with van der Waals surface area (Å²) >= 11 is 0. The molecule has 19 heavy (non-hydrogen) atoms. The molecule has 0 aromatic carbocycles. The van der Waals surface area contributed by atoms with Crippen molar-refractivity contribution < 1.29 is 24.2 Å². The lowest BCUT2D eigenvalue weighted by Gasteiger charge is -2.26. The second-order valence-electron chi connectivity index (χ2n) is 4.77. The van der Waals surface area contributed by atoms with Gasteiger partial charge in [0.05, 0.1) is 25.4 Å². The van der Waals surface area contributed by atoms with Gasteiger partial charge in [-0.05, 0) is 13.8 Å². The zero-order valence-electron chi connectivity index (χ0n) is 12.1. The minimum absolute atomic E-state index is 0.248. The first kappa shape index (κ1) is 17.8. The monoisotopic (exact) mass is 276 g/mol. The van der Waals surface area contributed by atoms with Crippen LogP contribution >= 0.6 is 0 Å². The van der Waals surface area contributed by atoms with Crippen molar-refractivity contribution in [1.82, 2.24) is 10.2 Å². The van der Waals surface area contributed by atoms with Crippen LogP contribution in [0.3, 0.4) is 0 Å². The number of methoxy groups -OCH3 is 2. The lowest BCUT2D eigenvalue weighted by Crippen LogP contribution is -2.53. The van der Waals surface area contributed by atoms with Gasteiger partial charge in [-0.3, -0.25) is 9.59 Å². The predicted molar refractivity (Wildman–Crippen MR) is 69.6 cm³/mol. The van der Waals surface area contributed by atoms with E-state index in [0.717, 1.165) is 0 Å². The minimum Gasteiger partial charge on any atom is -0.394 e. The van der Waals surface area contributed by atoms with Crippen LogP contribution < -0.4 is 5.32 Å². The molecule has 2 N–H and O–H groups in total. The highest BCUT2D eigenvalue weighted by molar-refractivity contribution is 6.35. The Bertz CT molecular complexity index is 286. The predicted octanol–water partition coefficient (Wildman–Crippen LogP) is -1.01. The summed E-state index contributed by atoms with van der Waals surface area (Å²) in [6, 6.07) is 0. The molecule has 0 aliphatic heterocycles. The van der Waals surface area contributed by atoms with Crippen molar-refractivity contribution >= 4 is 11.8 Å². The van der Waals surface area contributed by atoms with Crippen molar-refractivity contribution in [2.24, 2.45) is 0 Å². The Kier molecular flexibility index (Phi) is 8.29. The van der Waals surface area contributed by atoms with E-state index < -0.39 is 17.4 Å². The quantitative estimate of drug-likeness (QED) is 0.555. The summed E-state index contributed by atoms with van der Waals surface area (Å²) in [6.45, 7) is 4.32. The van der Waals surface area contributed by atoms with Crippen molar-refractivity contribution in [2.75, 3.05) is 47.1 Å².